The fourth-order valence-corrected chi connectivity index (χ4v) is 2.69. The molecule has 1 amide bonds. The minimum atomic E-state index is -0.374. The molecular weight excluding hydrogens is 305 g/mol. The summed E-state index contributed by atoms with van der Waals surface area (Å²) in [4.78, 5) is 12.3. The summed E-state index contributed by atoms with van der Waals surface area (Å²) in [6.07, 6.45) is 0.741. The summed E-state index contributed by atoms with van der Waals surface area (Å²) in [7, 11) is 0. The van der Waals surface area contributed by atoms with Crippen molar-refractivity contribution in [3.63, 3.8) is 0 Å². The van der Waals surface area contributed by atoms with Gasteiger partial charge < -0.3 is 5.32 Å². The summed E-state index contributed by atoms with van der Waals surface area (Å²) in [5.41, 5.74) is 1.23. The molecule has 0 heterocycles. The molecule has 0 saturated heterocycles. The Morgan fingerprint density at radius 1 is 1.10 bits per heavy atom. The molecule has 21 heavy (non-hydrogen) atoms. The maximum atomic E-state index is 12.3. The molecule has 0 aromatic heterocycles. The largest absolute Gasteiger partial charge is 0.347 e. The molecule has 0 saturated carbocycles. The molecule has 2 nitrogen and oxygen atoms in total. The lowest BCUT2D eigenvalue weighted by Crippen LogP contribution is -2.45. The summed E-state index contributed by atoms with van der Waals surface area (Å²) < 4.78 is 0. The quantitative estimate of drug-likeness (QED) is 0.865. The van der Waals surface area contributed by atoms with E-state index in [4.69, 9.17) is 23.2 Å². The molecule has 0 bridgehead atoms. The fourth-order valence-electron chi connectivity index (χ4n) is 2.20. The van der Waals surface area contributed by atoms with Crippen molar-refractivity contribution in [1.82, 2.24) is 5.32 Å². The topological polar surface area (TPSA) is 29.1 Å². The van der Waals surface area contributed by atoms with Gasteiger partial charge in [-0.1, -0.05) is 53.5 Å². The van der Waals surface area contributed by atoms with E-state index in [1.54, 1.807) is 18.2 Å². The van der Waals surface area contributed by atoms with Gasteiger partial charge in [0.25, 0.3) is 5.91 Å². The Balaban J connectivity index is 2.10. The van der Waals surface area contributed by atoms with Gasteiger partial charge in [-0.2, -0.15) is 0 Å². The second-order valence-corrected chi connectivity index (χ2v) is 6.47. The zero-order chi connectivity index (χ0) is 15.5. The Morgan fingerprint density at radius 2 is 1.76 bits per heavy atom. The number of nitrogens with one attached hydrogen (secondary N) is 1. The highest BCUT2D eigenvalue weighted by Crippen LogP contribution is 2.22. The van der Waals surface area contributed by atoms with Crippen LogP contribution in [0.5, 0.6) is 0 Å². The standard InChI is InChI=1S/C17H17Cl2NO/c1-17(2,11-12-6-4-3-5-7-12)20-16(21)14-9-8-13(18)10-15(14)19/h3-10H,11H2,1-2H3,(H,20,21). The molecule has 0 aliphatic rings. The molecule has 1 N–H and O–H groups in total. The molecule has 2 aromatic rings. The van der Waals surface area contributed by atoms with Crippen LogP contribution in [0.25, 0.3) is 0 Å². The van der Waals surface area contributed by atoms with Gasteiger partial charge in [-0.25, -0.2) is 0 Å². The van der Waals surface area contributed by atoms with Crippen LogP contribution in [0.3, 0.4) is 0 Å². The number of rotatable bonds is 4. The molecule has 0 atom stereocenters. The third-order valence-electron chi connectivity index (χ3n) is 3.12. The summed E-state index contributed by atoms with van der Waals surface area (Å²) in [6, 6.07) is 14.9. The van der Waals surface area contributed by atoms with Crippen LogP contribution in [-0.2, 0) is 6.42 Å². The Bertz CT molecular complexity index is 638. The van der Waals surface area contributed by atoms with Crippen molar-refractivity contribution >= 4 is 29.1 Å². The Kier molecular flexibility index (Phi) is 4.92. The van der Waals surface area contributed by atoms with Gasteiger partial charge in [0.15, 0.2) is 0 Å². The number of amides is 1. The highest BCUT2D eigenvalue weighted by atomic mass is 35.5. The smallest absolute Gasteiger partial charge is 0.253 e. The molecule has 0 aliphatic carbocycles. The van der Waals surface area contributed by atoms with E-state index in [-0.39, 0.29) is 11.4 Å². The highest BCUT2D eigenvalue weighted by molar-refractivity contribution is 6.36. The number of hydrogen-bond donors (Lipinski definition) is 1. The molecule has 0 unspecified atom stereocenters. The predicted molar refractivity (Wildman–Crippen MR) is 88.2 cm³/mol. The third-order valence-corrected chi connectivity index (χ3v) is 3.66. The van der Waals surface area contributed by atoms with E-state index < -0.39 is 0 Å². The molecule has 110 valence electrons. The number of hydrogen-bond acceptors (Lipinski definition) is 1. The molecule has 2 aromatic carbocycles. The lowest BCUT2D eigenvalue weighted by molar-refractivity contribution is 0.0913. The van der Waals surface area contributed by atoms with Gasteiger partial charge in [0.1, 0.15) is 0 Å². The van der Waals surface area contributed by atoms with E-state index in [0.29, 0.717) is 15.6 Å². The lowest BCUT2D eigenvalue weighted by Gasteiger charge is -2.26. The maximum absolute atomic E-state index is 12.3. The average Bonchev–Trinajstić information content (AvgIpc) is 2.38. The number of carbonyl (C=O) groups excluding carboxylic acids is 1. The van der Waals surface area contributed by atoms with Crippen LogP contribution in [0.4, 0.5) is 0 Å². The first kappa shape index (κ1) is 15.9. The van der Waals surface area contributed by atoms with Crippen LogP contribution in [0.1, 0.15) is 29.8 Å². The first-order valence-corrected chi connectivity index (χ1v) is 7.44. The molecule has 0 radical (unpaired) electrons. The average molecular weight is 322 g/mol. The van der Waals surface area contributed by atoms with Crippen molar-refractivity contribution in [3.05, 3.63) is 69.7 Å². The monoisotopic (exact) mass is 321 g/mol. The van der Waals surface area contributed by atoms with Gasteiger partial charge in [-0.15, -0.1) is 0 Å². The van der Waals surface area contributed by atoms with Crippen molar-refractivity contribution in [2.45, 2.75) is 25.8 Å². The van der Waals surface area contributed by atoms with Crippen LogP contribution in [0.15, 0.2) is 48.5 Å². The second kappa shape index (κ2) is 6.50. The van der Waals surface area contributed by atoms with Gasteiger partial charge in [0.05, 0.1) is 10.6 Å². The van der Waals surface area contributed by atoms with Crippen LogP contribution < -0.4 is 5.32 Å². The zero-order valence-electron chi connectivity index (χ0n) is 12.0. The Hall–Kier alpha value is -1.51. The van der Waals surface area contributed by atoms with Crippen LogP contribution in [0, 0.1) is 0 Å². The van der Waals surface area contributed by atoms with E-state index in [1.165, 1.54) is 5.56 Å². The summed E-state index contributed by atoms with van der Waals surface area (Å²) >= 11 is 11.9. The predicted octanol–water partition coefficient (Wildman–Crippen LogP) is 4.74. The summed E-state index contributed by atoms with van der Waals surface area (Å²) in [5.74, 6) is -0.197. The second-order valence-electron chi connectivity index (χ2n) is 5.62. The third kappa shape index (κ3) is 4.48. The van der Waals surface area contributed by atoms with Crippen LogP contribution >= 0.6 is 23.2 Å². The summed E-state index contributed by atoms with van der Waals surface area (Å²) in [6.45, 7) is 3.98. The van der Waals surface area contributed by atoms with Crippen LogP contribution in [-0.4, -0.2) is 11.4 Å². The summed E-state index contributed by atoms with van der Waals surface area (Å²) in [5, 5.41) is 3.89. The van der Waals surface area contributed by atoms with E-state index in [2.05, 4.69) is 5.32 Å². The van der Waals surface area contributed by atoms with E-state index in [1.807, 2.05) is 44.2 Å². The van der Waals surface area contributed by atoms with E-state index in [0.717, 1.165) is 6.42 Å². The van der Waals surface area contributed by atoms with Crippen molar-refractivity contribution < 1.29 is 4.79 Å². The molecule has 4 heteroatoms. The maximum Gasteiger partial charge on any atom is 0.253 e. The number of benzene rings is 2. The normalized spacial score (nSPS) is 11.2. The first-order valence-electron chi connectivity index (χ1n) is 6.69. The van der Waals surface area contributed by atoms with E-state index >= 15 is 0 Å². The minimum Gasteiger partial charge on any atom is -0.347 e. The molecule has 0 fully saturated rings. The molecule has 0 aliphatic heterocycles. The molecular formula is C17H17Cl2NO. The first-order chi connectivity index (χ1) is 9.87. The Morgan fingerprint density at radius 3 is 2.38 bits per heavy atom. The number of carbonyl (C=O) groups is 1. The SMILES string of the molecule is CC(C)(Cc1ccccc1)NC(=O)c1ccc(Cl)cc1Cl. The van der Waals surface area contributed by atoms with Gasteiger partial charge >= 0.3 is 0 Å². The minimum absolute atomic E-state index is 0.197. The number of halogens is 2. The van der Waals surface area contributed by atoms with Gasteiger partial charge in [0, 0.05) is 10.6 Å². The van der Waals surface area contributed by atoms with E-state index in [9.17, 15) is 4.79 Å². The van der Waals surface area contributed by atoms with Crippen molar-refractivity contribution in [2.24, 2.45) is 0 Å². The van der Waals surface area contributed by atoms with Crippen molar-refractivity contribution in [2.75, 3.05) is 0 Å². The van der Waals surface area contributed by atoms with Gasteiger partial charge in [0.2, 0.25) is 0 Å². The van der Waals surface area contributed by atoms with Crippen molar-refractivity contribution in [1.29, 1.82) is 0 Å². The van der Waals surface area contributed by atoms with Crippen molar-refractivity contribution in [3.8, 4) is 0 Å². The zero-order valence-corrected chi connectivity index (χ0v) is 13.5. The Labute approximate surface area is 135 Å². The van der Waals surface area contributed by atoms with Gasteiger partial charge in [-0.3, -0.25) is 4.79 Å². The lowest BCUT2D eigenvalue weighted by atomic mass is 9.94. The molecule has 2 rings (SSSR count). The van der Waals surface area contributed by atoms with Gasteiger partial charge in [-0.05, 0) is 44.0 Å². The molecule has 0 spiro atoms. The fraction of sp³-hybridized carbons (Fsp3) is 0.235. The highest BCUT2D eigenvalue weighted by Gasteiger charge is 2.22. The van der Waals surface area contributed by atoms with Crippen LogP contribution in [0.2, 0.25) is 10.0 Å².